The number of aromatic amines is 1. The van der Waals surface area contributed by atoms with Crippen molar-refractivity contribution in [3.8, 4) is 21.8 Å². The Morgan fingerprint density at radius 2 is 2.00 bits per heavy atom. The molecule has 1 aromatic carbocycles. The van der Waals surface area contributed by atoms with Gasteiger partial charge in [0.25, 0.3) is 0 Å². The Morgan fingerprint density at radius 3 is 2.70 bits per heavy atom. The van der Waals surface area contributed by atoms with E-state index >= 15 is 0 Å². The van der Waals surface area contributed by atoms with E-state index in [1.165, 1.54) is 4.88 Å². The predicted molar refractivity (Wildman–Crippen MR) is 81.1 cm³/mol. The molecule has 0 atom stereocenters. The van der Waals surface area contributed by atoms with Gasteiger partial charge in [-0.2, -0.15) is 0 Å². The number of fused-ring (bicyclic) bond motifs is 1. The third-order valence-electron chi connectivity index (χ3n) is 3.06. The molecule has 0 spiro atoms. The van der Waals surface area contributed by atoms with Gasteiger partial charge in [0.1, 0.15) is 5.69 Å². The molecule has 98 valence electrons. The Bertz CT molecular complexity index is 827. The Morgan fingerprint density at radius 1 is 1.15 bits per heavy atom. The highest BCUT2D eigenvalue weighted by molar-refractivity contribution is 7.20. The van der Waals surface area contributed by atoms with E-state index in [0.29, 0.717) is 0 Å². The van der Waals surface area contributed by atoms with Crippen LogP contribution in [0, 0.1) is 0 Å². The average molecular weight is 301 g/mol. The Hall–Kier alpha value is -2.11. The zero-order valence-electron chi connectivity index (χ0n) is 10.2. The van der Waals surface area contributed by atoms with Crippen LogP contribution in [-0.4, -0.2) is 19.4 Å². The lowest BCUT2D eigenvalue weighted by Gasteiger charge is -1.95. The summed E-state index contributed by atoms with van der Waals surface area (Å²) in [5.41, 5.74) is 2.97. The van der Waals surface area contributed by atoms with E-state index in [1.54, 1.807) is 23.9 Å². The summed E-state index contributed by atoms with van der Waals surface area (Å²) in [7, 11) is 0. The predicted octanol–water partition coefficient (Wildman–Crippen LogP) is 4.11. The molecule has 0 aliphatic heterocycles. The van der Waals surface area contributed by atoms with Crippen molar-refractivity contribution in [1.82, 2.24) is 19.4 Å². The number of nitrogens with one attached hydrogen (secondary N) is 1. The van der Waals surface area contributed by atoms with Gasteiger partial charge in [-0.25, -0.2) is 9.97 Å². The minimum Gasteiger partial charge on any atom is -0.343 e. The number of aromatic nitrogens is 4. The minimum absolute atomic E-state index is 0.747. The Labute approximate surface area is 123 Å². The molecule has 4 aromatic rings. The van der Waals surface area contributed by atoms with Crippen molar-refractivity contribution >= 4 is 27.9 Å². The molecular formula is C14H9ClN4S. The van der Waals surface area contributed by atoms with Crippen molar-refractivity contribution in [2.45, 2.75) is 0 Å². The highest BCUT2D eigenvalue weighted by Gasteiger charge is 2.10. The summed E-state index contributed by atoms with van der Waals surface area (Å²) in [5, 5.41) is 0.747. The van der Waals surface area contributed by atoms with Gasteiger partial charge in [0.15, 0.2) is 4.96 Å². The second-order valence-electron chi connectivity index (χ2n) is 4.38. The molecule has 4 rings (SSSR count). The highest BCUT2D eigenvalue weighted by atomic mass is 35.5. The number of thiazole rings is 1. The maximum absolute atomic E-state index is 5.91. The SMILES string of the molecule is Clc1ccc(-c2cn3cc(-c4cnc[nH]4)nc3s2)cc1. The van der Waals surface area contributed by atoms with Crippen LogP contribution in [0.4, 0.5) is 0 Å². The number of imidazole rings is 2. The Kier molecular flexibility index (Phi) is 2.61. The van der Waals surface area contributed by atoms with E-state index in [4.69, 9.17) is 11.6 Å². The standard InChI is InChI=1S/C14H9ClN4S/c15-10-3-1-9(2-4-10)13-7-19-6-12(18-14(19)20-13)11-5-16-8-17-11/h1-8H,(H,16,17). The first kappa shape index (κ1) is 11.7. The maximum atomic E-state index is 5.91. The molecule has 0 radical (unpaired) electrons. The fraction of sp³-hybridized carbons (Fsp3) is 0. The summed E-state index contributed by atoms with van der Waals surface area (Å²) >= 11 is 7.56. The van der Waals surface area contributed by atoms with Crippen LogP contribution in [0.3, 0.4) is 0 Å². The summed E-state index contributed by atoms with van der Waals surface area (Å²) in [6, 6.07) is 7.83. The van der Waals surface area contributed by atoms with Crippen LogP contribution in [0.5, 0.6) is 0 Å². The molecule has 3 heterocycles. The molecule has 0 unspecified atom stereocenters. The number of rotatable bonds is 2. The number of H-pyrrole nitrogens is 1. The highest BCUT2D eigenvalue weighted by Crippen LogP contribution is 2.30. The fourth-order valence-electron chi connectivity index (χ4n) is 2.07. The summed E-state index contributed by atoms with van der Waals surface area (Å²) in [4.78, 5) is 13.8. The number of hydrogen-bond donors (Lipinski definition) is 1. The Balaban J connectivity index is 1.77. The monoisotopic (exact) mass is 300 g/mol. The number of hydrogen-bond acceptors (Lipinski definition) is 3. The van der Waals surface area contributed by atoms with Crippen LogP contribution in [0.2, 0.25) is 5.02 Å². The van der Waals surface area contributed by atoms with E-state index in [0.717, 1.165) is 26.9 Å². The maximum Gasteiger partial charge on any atom is 0.194 e. The van der Waals surface area contributed by atoms with Gasteiger partial charge in [-0.1, -0.05) is 35.1 Å². The van der Waals surface area contributed by atoms with E-state index in [1.807, 2.05) is 34.9 Å². The summed E-state index contributed by atoms with van der Waals surface area (Å²) in [6.45, 7) is 0. The molecule has 0 fully saturated rings. The molecule has 0 amide bonds. The van der Waals surface area contributed by atoms with Crippen LogP contribution < -0.4 is 0 Å². The molecule has 0 saturated carbocycles. The largest absolute Gasteiger partial charge is 0.343 e. The van der Waals surface area contributed by atoms with Crippen LogP contribution in [0.1, 0.15) is 0 Å². The van der Waals surface area contributed by atoms with E-state index in [9.17, 15) is 0 Å². The lowest BCUT2D eigenvalue weighted by molar-refractivity contribution is 1.23. The third-order valence-corrected chi connectivity index (χ3v) is 4.36. The van der Waals surface area contributed by atoms with Gasteiger partial charge in [0.05, 0.1) is 23.1 Å². The van der Waals surface area contributed by atoms with Crippen molar-refractivity contribution in [3.63, 3.8) is 0 Å². The molecule has 6 heteroatoms. The van der Waals surface area contributed by atoms with Crippen LogP contribution in [-0.2, 0) is 0 Å². The van der Waals surface area contributed by atoms with Crippen LogP contribution in [0.15, 0.2) is 49.2 Å². The van der Waals surface area contributed by atoms with Gasteiger partial charge in [0, 0.05) is 17.4 Å². The van der Waals surface area contributed by atoms with Gasteiger partial charge in [-0.05, 0) is 17.7 Å². The summed E-state index contributed by atoms with van der Waals surface area (Å²) in [5.74, 6) is 0. The number of nitrogens with zero attached hydrogens (tertiary/aromatic N) is 3. The van der Waals surface area contributed by atoms with Gasteiger partial charge < -0.3 is 4.98 Å². The zero-order valence-corrected chi connectivity index (χ0v) is 11.8. The molecule has 20 heavy (non-hydrogen) atoms. The minimum atomic E-state index is 0.747. The molecule has 4 nitrogen and oxygen atoms in total. The fourth-order valence-corrected chi connectivity index (χ4v) is 3.17. The lowest BCUT2D eigenvalue weighted by atomic mass is 10.2. The molecule has 0 aliphatic rings. The van der Waals surface area contributed by atoms with Crippen molar-refractivity contribution < 1.29 is 0 Å². The van der Waals surface area contributed by atoms with E-state index in [2.05, 4.69) is 21.1 Å². The molecular weight excluding hydrogens is 292 g/mol. The molecule has 0 bridgehead atoms. The number of benzene rings is 1. The van der Waals surface area contributed by atoms with Gasteiger partial charge >= 0.3 is 0 Å². The molecule has 1 N–H and O–H groups in total. The van der Waals surface area contributed by atoms with Crippen molar-refractivity contribution in [3.05, 3.63) is 54.2 Å². The van der Waals surface area contributed by atoms with Gasteiger partial charge in [0.2, 0.25) is 0 Å². The first-order valence-electron chi connectivity index (χ1n) is 6.03. The normalized spacial score (nSPS) is 11.2. The van der Waals surface area contributed by atoms with E-state index < -0.39 is 0 Å². The quantitative estimate of drug-likeness (QED) is 0.605. The second kappa shape index (κ2) is 4.47. The van der Waals surface area contributed by atoms with Gasteiger partial charge in [-0.3, -0.25) is 4.40 Å². The van der Waals surface area contributed by atoms with Crippen molar-refractivity contribution in [2.75, 3.05) is 0 Å². The van der Waals surface area contributed by atoms with Gasteiger partial charge in [-0.15, -0.1) is 0 Å². The topological polar surface area (TPSA) is 46.0 Å². The van der Waals surface area contributed by atoms with E-state index in [-0.39, 0.29) is 0 Å². The smallest absolute Gasteiger partial charge is 0.194 e. The lowest BCUT2D eigenvalue weighted by Crippen LogP contribution is -1.76. The average Bonchev–Trinajstić information content (AvgIpc) is 3.14. The summed E-state index contributed by atoms with van der Waals surface area (Å²) in [6.07, 6.45) is 7.50. The van der Waals surface area contributed by atoms with Crippen molar-refractivity contribution in [1.29, 1.82) is 0 Å². The summed E-state index contributed by atoms with van der Waals surface area (Å²) < 4.78 is 2.03. The third kappa shape index (κ3) is 1.92. The van der Waals surface area contributed by atoms with Crippen LogP contribution >= 0.6 is 22.9 Å². The first-order chi connectivity index (χ1) is 9.79. The second-order valence-corrected chi connectivity index (χ2v) is 5.83. The van der Waals surface area contributed by atoms with Crippen LogP contribution in [0.25, 0.3) is 26.8 Å². The molecule has 0 aliphatic carbocycles. The molecule has 0 saturated heterocycles. The molecule has 3 aromatic heterocycles. The zero-order chi connectivity index (χ0) is 13.5. The van der Waals surface area contributed by atoms with Crippen molar-refractivity contribution in [2.24, 2.45) is 0 Å². The first-order valence-corrected chi connectivity index (χ1v) is 7.22. The number of halogens is 1.